The van der Waals surface area contributed by atoms with E-state index in [-0.39, 0.29) is 29.9 Å². The molecule has 0 N–H and O–H groups in total. The predicted molar refractivity (Wildman–Crippen MR) is 122 cm³/mol. The third-order valence-corrected chi connectivity index (χ3v) is 7.48. The minimum Gasteiger partial charge on any atom is -0.372 e. The molecule has 4 rings (SSSR count). The third-order valence-electron chi connectivity index (χ3n) is 5.82. The highest BCUT2D eigenvalue weighted by Gasteiger charge is 2.33. The number of fused-ring (bicyclic) bond motifs is 1. The Hall–Kier alpha value is -1.89. The molecule has 1 aromatic heterocycles. The number of carbonyl (C=O) groups excluding carboxylic acids is 2. The fourth-order valence-electron chi connectivity index (χ4n) is 4.36. The van der Waals surface area contributed by atoms with Crippen molar-refractivity contribution in [3.8, 4) is 0 Å². The summed E-state index contributed by atoms with van der Waals surface area (Å²) >= 11 is 8.04. The Balaban J connectivity index is 1.33. The molecule has 2 aliphatic rings. The van der Waals surface area contributed by atoms with Gasteiger partial charge in [-0.05, 0) is 38.8 Å². The third kappa shape index (κ3) is 4.56. The van der Waals surface area contributed by atoms with Crippen molar-refractivity contribution in [3.05, 3.63) is 40.2 Å². The van der Waals surface area contributed by atoms with Crippen LogP contribution in [0.15, 0.2) is 30.3 Å². The minimum absolute atomic E-state index is 0.00688. The zero-order valence-corrected chi connectivity index (χ0v) is 18.9. The van der Waals surface area contributed by atoms with Crippen LogP contribution in [0.5, 0.6) is 0 Å². The van der Waals surface area contributed by atoms with Crippen molar-refractivity contribution < 1.29 is 14.3 Å². The van der Waals surface area contributed by atoms with E-state index in [1.165, 1.54) is 0 Å². The van der Waals surface area contributed by atoms with Gasteiger partial charge in [0, 0.05) is 53.1 Å². The molecule has 0 saturated carbocycles. The predicted octanol–water partition coefficient (Wildman–Crippen LogP) is 4.44. The van der Waals surface area contributed by atoms with Gasteiger partial charge in [0.2, 0.25) is 11.8 Å². The number of rotatable bonds is 3. The number of morpholine rings is 1. The highest BCUT2D eigenvalue weighted by molar-refractivity contribution is 7.20. The van der Waals surface area contributed by atoms with Crippen molar-refractivity contribution in [2.24, 2.45) is 5.92 Å². The van der Waals surface area contributed by atoms with Gasteiger partial charge >= 0.3 is 0 Å². The van der Waals surface area contributed by atoms with E-state index in [2.05, 4.69) is 0 Å². The van der Waals surface area contributed by atoms with Gasteiger partial charge in [-0.15, -0.1) is 11.3 Å². The lowest BCUT2D eigenvalue weighted by atomic mass is 9.94. The topological polar surface area (TPSA) is 49.9 Å². The lowest BCUT2D eigenvalue weighted by molar-refractivity contribution is -0.149. The van der Waals surface area contributed by atoms with E-state index < -0.39 is 0 Å². The zero-order chi connectivity index (χ0) is 21.3. The molecule has 2 atom stereocenters. The van der Waals surface area contributed by atoms with Crippen LogP contribution in [-0.2, 0) is 14.3 Å². The van der Waals surface area contributed by atoms with Gasteiger partial charge in [-0.2, -0.15) is 0 Å². The molecule has 2 amide bonds. The zero-order valence-electron chi connectivity index (χ0n) is 17.3. The first-order valence-electron chi connectivity index (χ1n) is 10.5. The van der Waals surface area contributed by atoms with Crippen LogP contribution < -0.4 is 0 Å². The van der Waals surface area contributed by atoms with Gasteiger partial charge in [0.25, 0.3) is 0 Å². The van der Waals surface area contributed by atoms with Crippen molar-refractivity contribution in [3.63, 3.8) is 0 Å². The Morgan fingerprint density at radius 3 is 2.43 bits per heavy atom. The summed E-state index contributed by atoms with van der Waals surface area (Å²) in [5, 5.41) is 1.71. The van der Waals surface area contributed by atoms with E-state index in [1.807, 2.05) is 54.0 Å². The summed E-state index contributed by atoms with van der Waals surface area (Å²) in [6.07, 6.45) is 4.98. The molecule has 2 aliphatic heterocycles. The fraction of sp³-hybridized carbons (Fsp3) is 0.478. The fourth-order valence-corrected chi connectivity index (χ4v) is 5.75. The summed E-state index contributed by atoms with van der Waals surface area (Å²) in [5.74, 6) is 0.173. The largest absolute Gasteiger partial charge is 0.372 e. The Labute approximate surface area is 186 Å². The lowest BCUT2D eigenvalue weighted by Crippen LogP contribution is -2.51. The Kier molecular flexibility index (Phi) is 6.46. The summed E-state index contributed by atoms with van der Waals surface area (Å²) in [4.78, 5) is 30.2. The second kappa shape index (κ2) is 9.08. The summed E-state index contributed by atoms with van der Waals surface area (Å²) in [7, 11) is 0. The van der Waals surface area contributed by atoms with Crippen molar-refractivity contribution in [2.75, 3.05) is 26.2 Å². The molecule has 0 bridgehead atoms. The standard InChI is InChI=1S/C23H27ClN2O3S/c1-15-13-26(14-16(2)29-15)23(28)17-9-11-25(12-10-17)21(27)8-7-20-22(24)18-5-3-4-6-19(18)30-20/h3-8,15-17H,9-14H2,1-2H3/b8-7+. The average molecular weight is 447 g/mol. The molecular weight excluding hydrogens is 420 g/mol. The van der Waals surface area contributed by atoms with Gasteiger partial charge < -0.3 is 14.5 Å². The van der Waals surface area contributed by atoms with Crippen LogP contribution in [0.3, 0.4) is 0 Å². The highest BCUT2D eigenvalue weighted by atomic mass is 35.5. The molecule has 5 nitrogen and oxygen atoms in total. The van der Waals surface area contributed by atoms with E-state index in [4.69, 9.17) is 16.3 Å². The number of ether oxygens (including phenoxy) is 1. The van der Waals surface area contributed by atoms with E-state index in [9.17, 15) is 9.59 Å². The van der Waals surface area contributed by atoms with Gasteiger partial charge in [-0.1, -0.05) is 29.8 Å². The van der Waals surface area contributed by atoms with E-state index in [1.54, 1.807) is 17.4 Å². The number of halogens is 1. The number of piperidine rings is 1. The van der Waals surface area contributed by atoms with E-state index in [0.717, 1.165) is 15.0 Å². The number of thiophene rings is 1. The molecule has 2 aromatic rings. The van der Waals surface area contributed by atoms with Crippen LogP contribution in [0.2, 0.25) is 5.02 Å². The van der Waals surface area contributed by atoms with Crippen LogP contribution in [0.25, 0.3) is 16.2 Å². The van der Waals surface area contributed by atoms with Crippen LogP contribution in [0.4, 0.5) is 0 Å². The molecule has 0 spiro atoms. The van der Waals surface area contributed by atoms with Crippen molar-refractivity contribution in [2.45, 2.75) is 38.9 Å². The molecule has 1 aromatic carbocycles. The van der Waals surface area contributed by atoms with Gasteiger partial charge in [-0.3, -0.25) is 9.59 Å². The number of likely N-dealkylation sites (tertiary alicyclic amines) is 1. The first kappa shape index (κ1) is 21.3. The van der Waals surface area contributed by atoms with Gasteiger partial charge in [0.05, 0.1) is 17.2 Å². The number of nitrogens with zero attached hydrogens (tertiary/aromatic N) is 2. The normalized spacial score (nSPS) is 23.4. The molecule has 3 heterocycles. The molecule has 160 valence electrons. The van der Waals surface area contributed by atoms with Crippen molar-refractivity contribution in [1.82, 2.24) is 9.80 Å². The summed E-state index contributed by atoms with van der Waals surface area (Å²) in [6, 6.07) is 7.97. The Bertz CT molecular complexity index is 955. The molecule has 2 unspecified atom stereocenters. The molecule has 2 fully saturated rings. The van der Waals surface area contributed by atoms with Gasteiger partial charge in [0.1, 0.15) is 0 Å². The van der Waals surface area contributed by atoms with Crippen LogP contribution in [0.1, 0.15) is 31.6 Å². The number of hydrogen-bond acceptors (Lipinski definition) is 4. The molecule has 30 heavy (non-hydrogen) atoms. The smallest absolute Gasteiger partial charge is 0.246 e. The molecular formula is C23H27ClN2O3S. The number of carbonyl (C=O) groups is 2. The Morgan fingerprint density at radius 2 is 1.77 bits per heavy atom. The number of amides is 2. The lowest BCUT2D eigenvalue weighted by Gasteiger charge is -2.39. The number of benzene rings is 1. The van der Waals surface area contributed by atoms with Crippen molar-refractivity contribution in [1.29, 1.82) is 0 Å². The summed E-state index contributed by atoms with van der Waals surface area (Å²) in [6.45, 7) is 6.53. The maximum atomic E-state index is 12.9. The van der Waals surface area contributed by atoms with E-state index >= 15 is 0 Å². The molecule has 0 radical (unpaired) electrons. The molecule has 2 saturated heterocycles. The van der Waals surface area contributed by atoms with Gasteiger partial charge in [0.15, 0.2) is 0 Å². The van der Waals surface area contributed by atoms with Gasteiger partial charge in [-0.25, -0.2) is 0 Å². The van der Waals surface area contributed by atoms with E-state index in [0.29, 0.717) is 44.0 Å². The highest BCUT2D eigenvalue weighted by Crippen LogP contribution is 2.36. The maximum absolute atomic E-state index is 12.9. The second-order valence-corrected chi connectivity index (χ2v) is 9.67. The molecule has 7 heteroatoms. The van der Waals surface area contributed by atoms with Crippen LogP contribution in [-0.4, -0.2) is 60.0 Å². The monoisotopic (exact) mass is 446 g/mol. The maximum Gasteiger partial charge on any atom is 0.246 e. The number of hydrogen-bond donors (Lipinski definition) is 0. The summed E-state index contributed by atoms with van der Waals surface area (Å²) in [5.41, 5.74) is 0. The van der Waals surface area contributed by atoms with Crippen molar-refractivity contribution >= 4 is 50.9 Å². The van der Waals surface area contributed by atoms with Crippen LogP contribution in [0, 0.1) is 5.92 Å². The van der Waals surface area contributed by atoms with Crippen LogP contribution >= 0.6 is 22.9 Å². The summed E-state index contributed by atoms with van der Waals surface area (Å²) < 4.78 is 6.84. The first-order chi connectivity index (χ1) is 14.4. The Morgan fingerprint density at radius 1 is 1.10 bits per heavy atom. The first-order valence-corrected chi connectivity index (χ1v) is 11.7. The second-order valence-electron chi connectivity index (χ2n) is 8.21. The minimum atomic E-state index is -0.0250. The average Bonchev–Trinajstić information content (AvgIpc) is 3.07. The molecule has 0 aliphatic carbocycles. The quantitative estimate of drug-likeness (QED) is 0.655. The SMILES string of the molecule is CC1CN(C(=O)C2CCN(C(=O)/C=C/c3sc4ccccc4c3Cl)CC2)CC(C)O1.